The average Bonchev–Trinajstić information content (AvgIpc) is 2.66. The number of aromatic hydroxyl groups is 1. The largest absolute Gasteiger partial charge is 0.506 e. The van der Waals surface area contributed by atoms with Gasteiger partial charge in [-0.1, -0.05) is 34.1 Å². The van der Waals surface area contributed by atoms with Gasteiger partial charge < -0.3 is 26.0 Å². The molecule has 1 amide bonds. The number of methoxy groups -OCH3 is 1. The van der Waals surface area contributed by atoms with Gasteiger partial charge in [-0.3, -0.25) is 4.79 Å². The van der Waals surface area contributed by atoms with Gasteiger partial charge in [0, 0.05) is 17.1 Å². The lowest BCUT2D eigenvalue weighted by atomic mass is 9.99. The molecule has 0 unspecified atom stereocenters. The summed E-state index contributed by atoms with van der Waals surface area (Å²) in [5.41, 5.74) is 7.20. The number of allylic oxidation sites excluding steroid dienone is 1. The number of nitrogens with one attached hydrogen (secondary N) is 1. The van der Waals surface area contributed by atoms with Crippen molar-refractivity contribution < 1.29 is 19.7 Å². The number of nitrogens with two attached hydrogens (primary N) is 1. The Kier molecular flexibility index (Phi) is 8.50. The van der Waals surface area contributed by atoms with Gasteiger partial charge in [0.15, 0.2) is 0 Å². The van der Waals surface area contributed by atoms with E-state index in [2.05, 4.69) is 37.2 Å². The topological polar surface area (TPSA) is 105 Å². The van der Waals surface area contributed by atoms with Crippen molar-refractivity contribution in [3.63, 3.8) is 0 Å². The number of nitrogen functional groups attached to an aromatic ring is 1. The van der Waals surface area contributed by atoms with Gasteiger partial charge in [0.2, 0.25) is 5.91 Å². The van der Waals surface area contributed by atoms with E-state index in [-0.39, 0.29) is 11.7 Å². The zero-order valence-electron chi connectivity index (χ0n) is 15.2. The van der Waals surface area contributed by atoms with Crippen LogP contribution in [0.1, 0.15) is 24.5 Å². The third-order valence-corrected chi connectivity index (χ3v) is 5.20. The van der Waals surface area contributed by atoms with Gasteiger partial charge in [0.25, 0.3) is 0 Å². The number of ether oxygens (including phenoxy) is 1. The maximum atomic E-state index is 12.0. The van der Waals surface area contributed by atoms with Gasteiger partial charge in [-0.2, -0.15) is 0 Å². The van der Waals surface area contributed by atoms with Crippen molar-refractivity contribution in [2.24, 2.45) is 0 Å². The van der Waals surface area contributed by atoms with Crippen molar-refractivity contribution >= 4 is 49.1 Å². The Balaban J connectivity index is 1.94. The number of hydrogen-bond donors (Lipinski definition) is 4. The van der Waals surface area contributed by atoms with Crippen LogP contribution in [0.25, 0.3) is 0 Å². The number of para-hydroxylation sites is 2. The quantitative estimate of drug-likeness (QED) is 0.307. The van der Waals surface area contributed by atoms with Crippen LogP contribution < -0.4 is 11.1 Å². The highest BCUT2D eigenvalue weighted by molar-refractivity contribution is 9.11. The number of halogens is 2. The molecule has 0 fully saturated rings. The third-order valence-electron chi connectivity index (χ3n) is 4.14. The second-order valence-corrected chi connectivity index (χ2v) is 7.87. The molecule has 0 saturated carbocycles. The Hall–Kier alpha value is -1.87. The highest BCUT2D eigenvalue weighted by Crippen LogP contribution is 2.37. The molecule has 0 aromatic heterocycles. The standard InChI is InChI=1S/C20H22Br2N2O4/c1-28-17(20(27)13-10-12(21)11-14(22)19(13)26)8-4-5-9-18(25)24-16-7-3-2-6-15(16)23/h2-3,5-7,9-11,17,20,26-27H,4,8,23H2,1H3,(H,24,25)/b9-5+/t17-,20-/m1/s1. The van der Waals surface area contributed by atoms with Gasteiger partial charge in [-0.25, -0.2) is 0 Å². The van der Waals surface area contributed by atoms with Gasteiger partial charge in [0.05, 0.1) is 22.0 Å². The molecule has 2 aromatic carbocycles. The molecule has 0 spiro atoms. The Labute approximate surface area is 180 Å². The Morgan fingerprint density at radius 2 is 2.04 bits per heavy atom. The molecule has 5 N–H and O–H groups in total. The van der Waals surface area contributed by atoms with Crippen LogP contribution >= 0.6 is 31.9 Å². The van der Waals surface area contributed by atoms with Crippen molar-refractivity contribution in [2.45, 2.75) is 25.0 Å². The van der Waals surface area contributed by atoms with Crippen molar-refractivity contribution in [3.05, 3.63) is 63.1 Å². The van der Waals surface area contributed by atoms with Crippen molar-refractivity contribution in [1.29, 1.82) is 0 Å². The van der Waals surface area contributed by atoms with Gasteiger partial charge >= 0.3 is 0 Å². The SMILES string of the molecule is CO[C@H](CC/C=C/C(=O)Nc1ccccc1N)[C@H](O)c1cc(Br)cc(Br)c1O. The number of rotatable bonds is 8. The fourth-order valence-electron chi connectivity index (χ4n) is 2.65. The van der Waals surface area contributed by atoms with Crippen LogP contribution in [-0.2, 0) is 9.53 Å². The minimum atomic E-state index is -1.02. The summed E-state index contributed by atoms with van der Waals surface area (Å²) in [6, 6.07) is 10.3. The van der Waals surface area contributed by atoms with Gasteiger partial charge in [-0.05, 0) is 59.1 Å². The Bertz CT molecular complexity index is 858. The van der Waals surface area contributed by atoms with Crippen molar-refractivity contribution in [2.75, 3.05) is 18.2 Å². The highest BCUT2D eigenvalue weighted by atomic mass is 79.9. The number of benzene rings is 2. The summed E-state index contributed by atoms with van der Waals surface area (Å²) in [5, 5.41) is 23.5. The smallest absolute Gasteiger partial charge is 0.248 e. The molecule has 0 radical (unpaired) electrons. The van der Waals surface area contributed by atoms with Crippen LogP contribution in [-0.4, -0.2) is 29.3 Å². The van der Waals surface area contributed by atoms with Crippen LogP contribution in [0.2, 0.25) is 0 Å². The molecular weight excluding hydrogens is 492 g/mol. The lowest BCUT2D eigenvalue weighted by molar-refractivity contribution is -0.111. The molecule has 0 heterocycles. The first-order valence-corrected chi connectivity index (χ1v) is 10.1. The molecule has 6 nitrogen and oxygen atoms in total. The van der Waals surface area contributed by atoms with E-state index < -0.39 is 12.2 Å². The predicted octanol–water partition coefficient (Wildman–Crippen LogP) is 4.52. The van der Waals surface area contributed by atoms with Crippen LogP contribution in [0.3, 0.4) is 0 Å². The number of aliphatic hydroxyl groups excluding tert-OH is 1. The lowest BCUT2D eigenvalue weighted by Gasteiger charge is -2.22. The number of phenols is 1. The summed E-state index contributed by atoms with van der Waals surface area (Å²) < 4.78 is 6.57. The van der Waals surface area contributed by atoms with Crippen LogP contribution in [0.4, 0.5) is 11.4 Å². The molecule has 8 heteroatoms. The van der Waals surface area contributed by atoms with E-state index >= 15 is 0 Å². The fourth-order valence-corrected chi connectivity index (χ4v) is 3.91. The minimum absolute atomic E-state index is 0.0341. The van der Waals surface area contributed by atoms with E-state index in [9.17, 15) is 15.0 Å². The maximum absolute atomic E-state index is 12.0. The number of amides is 1. The molecule has 28 heavy (non-hydrogen) atoms. The molecule has 0 aliphatic carbocycles. The minimum Gasteiger partial charge on any atom is -0.506 e. The normalized spacial score (nSPS) is 13.4. The molecule has 2 atom stereocenters. The van der Waals surface area contributed by atoms with E-state index in [0.29, 0.717) is 34.3 Å². The second kappa shape index (κ2) is 10.6. The predicted molar refractivity (Wildman–Crippen MR) is 117 cm³/mol. The molecule has 150 valence electrons. The van der Waals surface area contributed by atoms with Crippen molar-refractivity contribution in [3.8, 4) is 5.75 Å². The van der Waals surface area contributed by atoms with E-state index in [0.717, 1.165) is 4.47 Å². The summed E-state index contributed by atoms with van der Waals surface area (Å²) in [5.74, 6) is -0.325. The second-order valence-electron chi connectivity index (χ2n) is 6.10. The summed E-state index contributed by atoms with van der Waals surface area (Å²) in [6.07, 6.45) is 2.50. The number of phenolic OH excluding ortho intramolecular Hbond substituents is 1. The summed E-state index contributed by atoms with van der Waals surface area (Å²) >= 11 is 6.59. The molecule has 0 saturated heterocycles. The van der Waals surface area contributed by atoms with Crippen LogP contribution in [0, 0.1) is 0 Å². The number of hydrogen-bond acceptors (Lipinski definition) is 5. The molecule has 2 aromatic rings. The van der Waals surface area contributed by atoms with E-state index in [1.165, 1.54) is 13.2 Å². The average molecular weight is 514 g/mol. The molecule has 0 aliphatic heterocycles. The monoisotopic (exact) mass is 512 g/mol. The maximum Gasteiger partial charge on any atom is 0.248 e. The third kappa shape index (κ3) is 6.07. The lowest BCUT2D eigenvalue weighted by Crippen LogP contribution is -2.21. The van der Waals surface area contributed by atoms with E-state index in [1.807, 2.05) is 0 Å². The van der Waals surface area contributed by atoms with E-state index in [4.69, 9.17) is 10.5 Å². The summed E-state index contributed by atoms with van der Waals surface area (Å²) in [4.78, 5) is 12.0. The molecule has 2 rings (SSSR count). The zero-order chi connectivity index (χ0) is 20.7. The number of carbonyl (C=O) groups excluding carboxylic acids is 1. The molecular formula is C20H22Br2N2O4. The zero-order valence-corrected chi connectivity index (χ0v) is 18.4. The molecule has 0 aliphatic rings. The van der Waals surface area contributed by atoms with Gasteiger partial charge in [0.1, 0.15) is 11.9 Å². The first kappa shape index (κ1) is 22.4. The first-order valence-electron chi connectivity index (χ1n) is 8.54. The fraction of sp³-hybridized carbons (Fsp3) is 0.250. The molecule has 0 bridgehead atoms. The van der Waals surface area contributed by atoms with Crippen LogP contribution in [0.5, 0.6) is 5.75 Å². The number of aliphatic hydroxyl groups is 1. The number of carbonyl (C=O) groups is 1. The Morgan fingerprint density at radius 3 is 2.71 bits per heavy atom. The summed E-state index contributed by atoms with van der Waals surface area (Å²) in [6.45, 7) is 0. The summed E-state index contributed by atoms with van der Waals surface area (Å²) in [7, 11) is 1.49. The van der Waals surface area contributed by atoms with Gasteiger partial charge in [-0.15, -0.1) is 0 Å². The number of anilines is 2. The van der Waals surface area contributed by atoms with Crippen LogP contribution in [0.15, 0.2) is 57.5 Å². The highest BCUT2D eigenvalue weighted by Gasteiger charge is 2.24. The Morgan fingerprint density at radius 1 is 1.32 bits per heavy atom. The van der Waals surface area contributed by atoms with Crippen molar-refractivity contribution in [1.82, 2.24) is 0 Å². The first-order chi connectivity index (χ1) is 13.3. The van der Waals surface area contributed by atoms with E-state index in [1.54, 1.807) is 42.5 Å².